The molecule has 1 aromatic carbocycles. The van der Waals surface area contributed by atoms with Crippen LogP contribution in [0.4, 0.5) is 16.2 Å². The average Bonchev–Trinajstić information content (AvgIpc) is 3.97. The summed E-state index contributed by atoms with van der Waals surface area (Å²) in [5.74, 6) is 1.76. The van der Waals surface area contributed by atoms with Gasteiger partial charge in [-0.15, -0.1) is 0 Å². The van der Waals surface area contributed by atoms with E-state index in [-0.39, 0.29) is 18.5 Å². The number of aromatic nitrogens is 5. The van der Waals surface area contributed by atoms with Crippen LogP contribution in [-0.2, 0) is 22.7 Å². The van der Waals surface area contributed by atoms with Crippen molar-refractivity contribution in [1.82, 2.24) is 29.2 Å². The lowest BCUT2D eigenvalue weighted by atomic mass is 10.1. The summed E-state index contributed by atoms with van der Waals surface area (Å²) in [6.45, 7) is 2.96. The summed E-state index contributed by atoms with van der Waals surface area (Å²) in [5.41, 5.74) is 8.24. The molecule has 0 radical (unpaired) electrons. The van der Waals surface area contributed by atoms with Crippen LogP contribution >= 0.6 is 0 Å². The number of imidazole rings is 1. The van der Waals surface area contributed by atoms with Crippen molar-refractivity contribution in [2.45, 2.75) is 57.1 Å². The summed E-state index contributed by atoms with van der Waals surface area (Å²) in [6, 6.07) is 12.1. The predicted octanol–water partition coefficient (Wildman–Crippen LogP) is 5.29. The molecule has 3 amide bonds. The Labute approximate surface area is 260 Å². The smallest absolute Gasteiger partial charge is 0.331 e. The molecule has 3 fully saturated rings. The number of methoxy groups -OCH3 is 1. The molecule has 5 heterocycles. The second-order valence-corrected chi connectivity index (χ2v) is 12.4. The zero-order valence-electron chi connectivity index (χ0n) is 25.5. The van der Waals surface area contributed by atoms with Crippen LogP contribution in [0.3, 0.4) is 0 Å². The molecule has 45 heavy (non-hydrogen) atoms. The highest BCUT2D eigenvalue weighted by molar-refractivity contribution is 6.13. The van der Waals surface area contributed by atoms with Crippen molar-refractivity contribution in [3.8, 4) is 0 Å². The van der Waals surface area contributed by atoms with Crippen molar-refractivity contribution in [1.29, 1.82) is 0 Å². The summed E-state index contributed by atoms with van der Waals surface area (Å²) >= 11 is 0. The lowest BCUT2D eigenvalue weighted by molar-refractivity contribution is -0.123. The fourth-order valence-corrected chi connectivity index (χ4v) is 6.42. The van der Waals surface area contributed by atoms with E-state index in [0.29, 0.717) is 42.2 Å². The van der Waals surface area contributed by atoms with Crippen LogP contribution in [0, 0.1) is 6.92 Å². The number of amides is 3. The SMILES string of the molecule is COCc1cc(NCc2cn3cc(C4CC4)cc(N4CC(=O)N(C)C4=O)c3n2)cc2nc([C@H]3CC3c3nccc(C)n3)ccc12. The number of hydrogen-bond acceptors (Lipinski definition) is 8. The summed E-state index contributed by atoms with van der Waals surface area (Å²) in [5, 5.41) is 4.61. The van der Waals surface area contributed by atoms with Crippen molar-refractivity contribution in [3.63, 3.8) is 0 Å². The minimum atomic E-state index is -0.324. The lowest BCUT2D eigenvalue weighted by Gasteiger charge is -2.17. The maximum Gasteiger partial charge on any atom is 0.331 e. The van der Waals surface area contributed by atoms with Crippen LogP contribution < -0.4 is 10.2 Å². The van der Waals surface area contributed by atoms with E-state index in [1.165, 1.54) is 16.8 Å². The van der Waals surface area contributed by atoms with Gasteiger partial charge in [-0.1, -0.05) is 6.07 Å². The number of ether oxygens (including phenoxy) is 1. The van der Waals surface area contributed by atoms with Gasteiger partial charge < -0.3 is 14.5 Å². The van der Waals surface area contributed by atoms with Gasteiger partial charge in [0.15, 0.2) is 5.65 Å². The molecule has 0 spiro atoms. The number of likely N-dealkylation sites (N-methyl/N-ethyl adjacent to an activating group) is 1. The van der Waals surface area contributed by atoms with Gasteiger partial charge in [-0.2, -0.15) is 0 Å². The number of nitrogens with one attached hydrogen (secondary N) is 1. The molecule has 0 bridgehead atoms. The fraction of sp³-hybridized carbons (Fsp3) is 0.353. The van der Waals surface area contributed by atoms with E-state index < -0.39 is 0 Å². The summed E-state index contributed by atoms with van der Waals surface area (Å²) in [7, 11) is 3.22. The quantitative estimate of drug-likeness (QED) is 0.226. The van der Waals surface area contributed by atoms with Gasteiger partial charge in [0.05, 0.1) is 30.0 Å². The molecule has 1 saturated heterocycles. The number of anilines is 2. The Bertz CT molecular complexity index is 2000. The highest BCUT2D eigenvalue weighted by atomic mass is 16.5. The first-order valence-corrected chi connectivity index (χ1v) is 15.4. The molecule has 1 unspecified atom stereocenters. The second kappa shape index (κ2) is 10.6. The topological polar surface area (TPSA) is 118 Å². The normalized spacial score (nSPS) is 19.7. The van der Waals surface area contributed by atoms with Gasteiger partial charge >= 0.3 is 6.03 Å². The molecule has 4 aromatic heterocycles. The van der Waals surface area contributed by atoms with E-state index >= 15 is 0 Å². The van der Waals surface area contributed by atoms with E-state index in [0.717, 1.165) is 69.9 Å². The number of urea groups is 1. The predicted molar refractivity (Wildman–Crippen MR) is 169 cm³/mol. The van der Waals surface area contributed by atoms with Crippen LogP contribution in [0.1, 0.15) is 71.0 Å². The summed E-state index contributed by atoms with van der Waals surface area (Å²) in [6.07, 6.45) is 9.18. The molecule has 2 atom stereocenters. The number of hydrogen-bond donors (Lipinski definition) is 1. The third kappa shape index (κ3) is 5.06. The van der Waals surface area contributed by atoms with Gasteiger partial charge in [0.1, 0.15) is 12.4 Å². The zero-order valence-corrected chi connectivity index (χ0v) is 25.5. The zero-order chi connectivity index (χ0) is 30.8. The monoisotopic (exact) mass is 602 g/mol. The standard InChI is InChI=1S/C34H34N8O3/c1-19-8-9-35-32(37-19)27-13-26(27)28-7-6-25-22(18-45-3)10-23(12-29(25)39-28)36-14-24-16-41-15-21(20-4-5-20)11-30(33(41)38-24)42-17-31(43)40(2)34(42)44/h6-12,15-16,20,26-27,36H,4-5,13-14,17-18H2,1-3H3/t26-,27?/m0/s1. The number of carbonyl (C=O) groups excluding carboxylic acids is 2. The number of nitrogens with zero attached hydrogens (tertiary/aromatic N) is 7. The molecule has 11 nitrogen and oxygen atoms in total. The van der Waals surface area contributed by atoms with Crippen molar-refractivity contribution < 1.29 is 14.3 Å². The molecule has 1 aliphatic heterocycles. The number of aryl methyl sites for hydroxylation is 1. The minimum Gasteiger partial charge on any atom is -0.380 e. The minimum absolute atomic E-state index is 0.0214. The van der Waals surface area contributed by atoms with Gasteiger partial charge in [0.2, 0.25) is 5.91 Å². The van der Waals surface area contributed by atoms with Crippen molar-refractivity contribution >= 4 is 39.9 Å². The molecule has 8 rings (SSSR count). The highest BCUT2D eigenvalue weighted by Gasteiger charge is 2.43. The van der Waals surface area contributed by atoms with E-state index in [2.05, 4.69) is 45.7 Å². The molecule has 1 N–H and O–H groups in total. The fourth-order valence-electron chi connectivity index (χ4n) is 6.42. The van der Waals surface area contributed by atoms with Crippen molar-refractivity contribution in [3.05, 3.63) is 89.0 Å². The van der Waals surface area contributed by atoms with Crippen molar-refractivity contribution in [2.75, 3.05) is 30.9 Å². The molecule has 5 aromatic rings. The first-order chi connectivity index (χ1) is 21.9. The summed E-state index contributed by atoms with van der Waals surface area (Å²) < 4.78 is 7.53. The van der Waals surface area contributed by atoms with E-state index in [1.54, 1.807) is 7.11 Å². The molecule has 228 valence electrons. The largest absolute Gasteiger partial charge is 0.380 e. The van der Waals surface area contributed by atoms with Crippen molar-refractivity contribution in [2.24, 2.45) is 0 Å². The first kappa shape index (κ1) is 27.6. The molecular weight excluding hydrogens is 568 g/mol. The van der Waals surface area contributed by atoms with E-state index in [4.69, 9.17) is 14.7 Å². The van der Waals surface area contributed by atoms with Crippen LogP contribution in [0.5, 0.6) is 0 Å². The molecular formula is C34H34N8O3. The molecule has 2 aliphatic carbocycles. The van der Waals surface area contributed by atoms with Gasteiger partial charge in [-0.25, -0.2) is 19.7 Å². The number of rotatable bonds is 9. The first-order valence-electron chi connectivity index (χ1n) is 15.4. The van der Waals surface area contributed by atoms with Gasteiger partial charge in [0, 0.05) is 67.0 Å². The Balaban J connectivity index is 1.08. The maximum atomic E-state index is 12.9. The number of benzene rings is 1. The van der Waals surface area contributed by atoms with Crippen LogP contribution in [0.25, 0.3) is 16.6 Å². The van der Waals surface area contributed by atoms with Gasteiger partial charge in [-0.05, 0) is 73.6 Å². The number of carbonyl (C=O) groups is 2. The number of pyridine rings is 2. The van der Waals surface area contributed by atoms with Crippen LogP contribution in [0.15, 0.2) is 55.0 Å². The molecule has 2 saturated carbocycles. The van der Waals surface area contributed by atoms with Crippen LogP contribution in [-0.4, -0.2) is 61.9 Å². The maximum absolute atomic E-state index is 12.9. The Morgan fingerprint density at radius 3 is 2.64 bits per heavy atom. The Hall–Kier alpha value is -4.90. The Kier molecular flexibility index (Phi) is 6.52. The number of fused-ring (bicyclic) bond motifs is 2. The number of imide groups is 1. The van der Waals surface area contributed by atoms with Gasteiger partial charge in [-0.3, -0.25) is 19.6 Å². The third-order valence-corrected chi connectivity index (χ3v) is 9.13. The van der Waals surface area contributed by atoms with E-state index in [1.807, 2.05) is 35.9 Å². The molecule has 11 heteroatoms. The Morgan fingerprint density at radius 1 is 1.02 bits per heavy atom. The molecule has 3 aliphatic rings. The highest BCUT2D eigenvalue weighted by Crippen LogP contribution is 2.53. The Morgan fingerprint density at radius 2 is 1.89 bits per heavy atom. The third-order valence-electron chi connectivity index (χ3n) is 9.13. The second-order valence-electron chi connectivity index (χ2n) is 12.4. The van der Waals surface area contributed by atoms with E-state index in [9.17, 15) is 9.59 Å². The average molecular weight is 603 g/mol. The lowest BCUT2D eigenvalue weighted by Crippen LogP contribution is -2.30. The summed E-state index contributed by atoms with van der Waals surface area (Å²) in [4.78, 5) is 47.1. The van der Waals surface area contributed by atoms with Gasteiger partial charge in [0.25, 0.3) is 0 Å². The van der Waals surface area contributed by atoms with Crippen LogP contribution in [0.2, 0.25) is 0 Å².